The number of hydrogen-bond donors (Lipinski definition) is 3. The van der Waals surface area contributed by atoms with Crippen LogP contribution in [0, 0.1) is 11.7 Å². The first-order chi connectivity index (χ1) is 12.1. The predicted octanol–water partition coefficient (Wildman–Crippen LogP) is 2.36. The molecule has 1 aromatic carbocycles. The lowest BCUT2D eigenvalue weighted by atomic mass is 9.96. The van der Waals surface area contributed by atoms with Crippen LogP contribution in [-0.2, 0) is 4.79 Å². The summed E-state index contributed by atoms with van der Waals surface area (Å²) in [6.07, 6.45) is 3.59. The first kappa shape index (κ1) is 20.5. The number of hydrogen-bond acceptors (Lipinski definition) is 3. The molecule has 2 aliphatic heterocycles. The van der Waals surface area contributed by atoms with Gasteiger partial charge in [-0.25, -0.2) is 9.18 Å². The summed E-state index contributed by atoms with van der Waals surface area (Å²) >= 11 is 0. The standard InChI is InChI=1S/C18H25FN4O2.ClH/c19-15-7-1-2-8-16(15)22-18(25)23-10-4-5-13(12-23)17(24)21-14-6-3-9-20-11-14;/h1-2,7-8,13-14,20H,3-6,9-12H2,(H,21,24)(H,22,25);1H/t13?,14-;/m0./s1. The first-order valence-corrected chi connectivity index (χ1v) is 8.95. The molecule has 0 aromatic heterocycles. The van der Waals surface area contributed by atoms with Gasteiger partial charge in [0.2, 0.25) is 5.91 Å². The van der Waals surface area contributed by atoms with Crippen molar-refractivity contribution in [3.8, 4) is 0 Å². The fourth-order valence-electron chi connectivity index (χ4n) is 3.43. The average molecular weight is 385 g/mol. The van der Waals surface area contributed by atoms with E-state index < -0.39 is 5.82 Å². The summed E-state index contributed by atoms with van der Waals surface area (Å²) in [5, 5.41) is 8.96. The third-order valence-electron chi connectivity index (χ3n) is 4.84. The van der Waals surface area contributed by atoms with Crippen molar-refractivity contribution in [2.75, 3.05) is 31.5 Å². The normalized spacial score (nSPS) is 22.9. The number of urea groups is 1. The molecule has 6 nitrogen and oxygen atoms in total. The van der Waals surface area contributed by atoms with Gasteiger partial charge >= 0.3 is 6.03 Å². The second kappa shape index (κ2) is 9.73. The monoisotopic (exact) mass is 384 g/mol. The number of nitrogens with one attached hydrogen (secondary N) is 3. The lowest BCUT2D eigenvalue weighted by Crippen LogP contribution is -2.51. The second-order valence-electron chi connectivity index (χ2n) is 6.75. The van der Waals surface area contributed by atoms with E-state index in [4.69, 9.17) is 0 Å². The summed E-state index contributed by atoms with van der Waals surface area (Å²) in [5.41, 5.74) is 0.160. The van der Waals surface area contributed by atoms with E-state index in [1.54, 1.807) is 17.0 Å². The summed E-state index contributed by atoms with van der Waals surface area (Å²) in [7, 11) is 0. The van der Waals surface area contributed by atoms with Crippen LogP contribution in [0.15, 0.2) is 24.3 Å². The molecule has 0 radical (unpaired) electrons. The molecular weight excluding hydrogens is 359 g/mol. The van der Waals surface area contributed by atoms with Crippen LogP contribution >= 0.6 is 12.4 Å². The van der Waals surface area contributed by atoms with E-state index in [0.29, 0.717) is 13.1 Å². The van der Waals surface area contributed by atoms with Crippen molar-refractivity contribution < 1.29 is 14.0 Å². The number of likely N-dealkylation sites (tertiary alicyclic amines) is 1. The van der Waals surface area contributed by atoms with E-state index in [1.165, 1.54) is 12.1 Å². The Bertz CT molecular complexity index is 625. The van der Waals surface area contributed by atoms with Crippen LogP contribution in [0.4, 0.5) is 14.9 Å². The van der Waals surface area contributed by atoms with Crippen LogP contribution in [-0.4, -0.2) is 49.1 Å². The number of piperidine rings is 2. The zero-order valence-electron chi connectivity index (χ0n) is 14.7. The van der Waals surface area contributed by atoms with Crippen molar-refractivity contribution in [2.24, 2.45) is 5.92 Å². The largest absolute Gasteiger partial charge is 0.352 e. The van der Waals surface area contributed by atoms with Gasteiger partial charge in [-0.3, -0.25) is 4.79 Å². The Kier molecular flexibility index (Phi) is 7.66. The van der Waals surface area contributed by atoms with Gasteiger partial charge in [-0.1, -0.05) is 12.1 Å². The number of nitrogens with zero attached hydrogens (tertiary/aromatic N) is 1. The fourth-order valence-corrected chi connectivity index (χ4v) is 3.43. The highest BCUT2D eigenvalue weighted by molar-refractivity contribution is 5.90. The number of carbonyl (C=O) groups excluding carboxylic acids is 2. The van der Waals surface area contributed by atoms with Crippen molar-refractivity contribution in [1.29, 1.82) is 0 Å². The minimum atomic E-state index is -0.466. The molecule has 3 N–H and O–H groups in total. The Morgan fingerprint density at radius 1 is 1.19 bits per heavy atom. The topological polar surface area (TPSA) is 73.5 Å². The van der Waals surface area contributed by atoms with Crippen LogP contribution < -0.4 is 16.0 Å². The van der Waals surface area contributed by atoms with E-state index in [2.05, 4.69) is 16.0 Å². The van der Waals surface area contributed by atoms with Gasteiger partial charge in [-0.15, -0.1) is 12.4 Å². The van der Waals surface area contributed by atoms with E-state index in [1.807, 2.05) is 0 Å². The first-order valence-electron chi connectivity index (χ1n) is 8.95. The molecule has 144 valence electrons. The van der Waals surface area contributed by atoms with Crippen molar-refractivity contribution >= 4 is 30.0 Å². The number of para-hydroxylation sites is 1. The van der Waals surface area contributed by atoms with Crippen LogP contribution in [0.2, 0.25) is 0 Å². The third-order valence-corrected chi connectivity index (χ3v) is 4.84. The smallest absolute Gasteiger partial charge is 0.321 e. The molecule has 0 saturated carbocycles. The maximum absolute atomic E-state index is 13.7. The molecule has 26 heavy (non-hydrogen) atoms. The summed E-state index contributed by atoms with van der Waals surface area (Å²) in [4.78, 5) is 26.5. The van der Waals surface area contributed by atoms with Gasteiger partial charge in [0, 0.05) is 25.7 Å². The summed E-state index contributed by atoms with van der Waals surface area (Å²) in [6.45, 7) is 2.75. The number of halogens is 2. The molecule has 2 atom stereocenters. The maximum atomic E-state index is 13.7. The molecule has 2 fully saturated rings. The number of benzene rings is 1. The van der Waals surface area contributed by atoms with Gasteiger partial charge in [-0.2, -0.15) is 0 Å². The van der Waals surface area contributed by atoms with Crippen molar-refractivity contribution in [3.63, 3.8) is 0 Å². The van der Waals surface area contributed by atoms with Crippen molar-refractivity contribution in [3.05, 3.63) is 30.1 Å². The fraction of sp³-hybridized carbons (Fsp3) is 0.556. The highest BCUT2D eigenvalue weighted by Gasteiger charge is 2.30. The van der Waals surface area contributed by atoms with Gasteiger partial charge in [0.25, 0.3) is 0 Å². The second-order valence-corrected chi connectivity index (χ2v) is 6.75. The predicted molar refractivity (Wildman–Crippen MR) is 101 cm³/mol. The highest BCUT2D eigenvalue weighted by Crippen LogP contribution is 2.19. The van der Waals surface area contributed by atoms with Gasteiger partial charge in [0.15, 0.2) is 0 Å². The molecule has 1 aromatic rings. The molecule has 0 bridgehead atoms. The van der Waals surface area contributed by atoms with Crippen LogP contribution in [0.3, 0.4) is 0 Å². The molecule has 3 rings (SSSR count). The highest BCUT2D eigenvalue weighted by atomic mass is 35.5. The number of amides is 3. The molecule has 2 aliphatic rings. The van der Waals surface area contributed by atoms with Crippen LogP contribution in [0.1, 0.15) is 25.7 Å². The molecular formula is C18H26ClFN4O2. The summed E-state index contributed by atoms with van der Waals surface area (Å²) < 4.78 is 13.7. The van der Waals surface area contributed by atoms with E-state index in [9.17, 15) is 14.0 Å². The Morgan fingerprint density at radius 2 is 2.00 bits per heavy atom. The SMILES string of the molecule is Cl.O=C(N[C@H]1CCCNC1)C1CCCN(C(=O)Nc2ccccc2F)C1. The number of rotatable bonds is 3. The van der Waals surface area contributed by atoms with Gasteiger partial charge in [-0.05, 0) is 44.4 Å². The van der Waals surface area contributed by atoms with E-state index in [-0.39, 0.29) is 42.0 Å². The zero-order chi connectivity index (χ0) is 17.6. The van der Waals surface area contributed by atoms with Crippen molar-refractivity contribution in [1.82, 2.24) is 15.5 Å². The Balaban J connectivity index is 0.00000243. The lowest BCUT2D eigenvalue weighted by molar-refractivity contribution is -0.127. The Hall–Kier alpha value is -1.86. The molecule has 0 aliphatic carbocycles. The molecule has 0 spiro atoms. The summed E-state index contributed by atoms with van der Waals surface area (Å²) in [5.74, 6) is -0.661. The van der Waals surface area contributed by atoms with Gasteiger partial charge in [0.1, 0.15) is 5.82 Å². The number of carbonyl (C=O) groups is 2. The molecule has 8 heteroatoms. The van der Waals surface area contributed by atoms with E-state index in [0.717, 1.165) is 38.8 Å². The zero-order valence-corrected chi connectivity index (χ0v) is 15.5. The molecule has 3 amide bonds. The average Bonchev–Trinajstić information content (AvgIpc) is 2.64. The Morgan fingerprint density at radius 3 is 2.73 bits per heavy atom. The third kappa shape index (κ3) is 5.32. The van der Waals surface area contributed by atoms with Gasteiger partial charge in [0.05, 0.1) is 11.6 Å². The van der Waals surface area contributed by atoms with Gasteiger partial charge < -0.3 is 20.9 Å². The Labute approximate surface area is 159 Å². The molecule has 2 heterocycles. The number of anilines is 1. The summed E-state index contributed by atoms with van der Waals surface area (Å²) in [6, 6.07) is 5.89. The van der Waals surface area contributed by atoms with Crippen LogP contribution in [0.5, 0.6) is 0 Å². The minimum Gasteiger partial charge on any atom is -0.352 e. The molecule has 2 saturated heterocycles. The maximum Gasteiger partial charge on any atom is 0.321 e. The minimum absolute atomic E-state index is 0. The quantitative estimate of drug-likeness (QED) is 0.749. The van der Waals surface area contributed by atoms with E-state index >= 15 is 0 Å². The molecule has 1 unspecified atom stereocenters. The van der Waals surface area contributed by atoms with Crippen LogP contribution in [0.25, 0.3) is 0 Å². The lowest BCUT2D eigenvalue weighted by Gasteiger charge is -2.33. The van der Waals surface area contributed by atoms with Crippen molar-refractivity contribution in [2.45, 2.75) is 31.7 Å².